The first-order chi connectivity index (χ1) is 14.4. The average molecular weight is 406 g/mol. The number of carbonyl (C=O) groups excluding carboxylic acids is 1. The summed E-state index contributed by atoms with van der Waals surface area (Å²) >= 11 is 0. The van der Waals surface area contributed by atoms with Crippen molar-refractivity contribution in [1.82, 2.24) is 9.55 Å². The second-order valence-electron chi connectivity index (χ2n) is 7.52. The predicted molar refractivity (Wildman–Crippen MR) is 112 cm³/mol. The molecule has 0 bridgehead atoms. The van der Waals surface area contributed by atoms with E-state index in [4.69, 9.17) is 4.74 Å². The average Bonchev–Trinajstić information content (AvgIpc) is 3.19. The lowest BCUT2D eigenvalue weighted by Gasteiger charge is -2.41. The van der Waals surface area contributed by atoms with Crippen LogP contribution >= 0.6 is 0 Å². The summed E-state index contributed by atoms with van der Waals surface area (Å²) < 4.78 is 7.64. The number of hydrogen-bond acceptors (Lipinski definition) is 6. The number of morpholine rings is 1. The summed E-state index contributed by atoms with van der Waals surface area (Å²) in [5, 5.41) is 11.8. The number of ketones is 1. The van der Waals surface area contributed by atoms with Crippen LogP contribution in [0.5, 0.6) is 0 Å². The molecule has 0 amide bonds. The standard InChI is InChI=1S/C22H22N4O4/c1-22(17-6-4-3-5-7-17)15-25(12-13-30-22)18-9-8-16(14-19(18)26(28)29)20(27)21-23-10-11-24(21)2/h3-11,14H,12-13,15H2,1-2H3. The maximum absolute atomic E-state index is 12.7. The summed E-state index contributed by atoms with van der Waals surface area (Å²) in [4.78, 5) is 30.1. The van der Waals surface area contributed by atoms with Crippen LogP contribution < -0.4 is 4.90 Å². The number of anilines is 1. The van der Waals surface area contributed by atoms with E-state index in [1.165, 1.54) is 12.3 Å². The minimum atomic E-state index is -0.588. The Labute approximate surface area is 173 Å². The number of rotatable bonds is 5. The highest BCUT2D eigenvalue weighted by molar-refractivity contribution is 6.07. The summed E-state index contributed by atoms with van der Waals surface area (Å²) in [5.74, 6) is -0.117. The lowest BCUT2D eigenvalue weighted by Crippen LogP contribution is -2.48. The first-order valence-electron chi connectivity index (χ1n) is 9.64. The molecule has 2 heterocycles. The first-order valence-corrected chi connectivity index (χ1v) is 9.64. The Morgan fingerprint density at radius 3 is 2.67 bits per heavy atom. The number of benzene rings is 2. The number of imidazole rings is 1. The minimum absolute atomic E-state index is 0.104. The normalized spacial score (nSPS) is 18.9. The van der Waals surface area contributed by atoms with Gasteiger partial charge in [0.25, 0.3) is 5.69 Å². The number of hydrogen-bond donors (Lipinski definition) is 0. The monoisotopic (exact) mass is 406 g/mol. The van der Waals surface area contributed by atoms with E-state index in [9.17, 15) is 14.9 Å². The van der Waals surface area contributed by atoms with E-state index in [-0.39, 0.29) is 22.9 Å². The Bertz CT molecular complexity index is 1100. The van der Waals surface area contributed by atoms with E-state index in [1.807, 2.05) is 42.2 Å². The molecule has 0 saturated carbocycles. The Kier molecular flexibility index (Phi) is 5.09. The van der Waals surface area contributed by atoms with Crippen molar-refractivity contribution in [2.24, 2.45) is 7.05 Å². The van der Waals surface area contributed by atoms with E-state index in [0.717, 1.165) is 5.56 Å². The summed E-state index contributed by atoms with van der Waals surface area (Å²) in [6.07, 6.45) is 3.18. The molecule has 0 N–H and O–H groups in total. The second kappa shape index (κ2) is 7.72. The summed E-state index contributed by atoms with van der Waals surface area (Å²) in [5.41, 5.74) is 1.03. The number of nitrogens with zero attached hydrogens (tertiary/aromatic N) is 4. The van der Waals surface area contributed by atoms with Crippen molar-refractivity contribution >= 4 is 17.2 Å². The van der Waals surface area contributed by atoms with Crippen LogP contribution in [-0.4, -0.2) is 40.0 Å². The molecular weight excluding hydrogens is 384 g/mol. The van der Waals surface area contributed by atoms with Crippen LogP contribution in [0.4, 0.5) is 11.4 Å². The SMILES string of the molecule is Cn1ccnc1C(=O)c1ccc(N2CCOC(C)(c3ccccc3)C2)c([N+](=O)[O-])c1. The van der Waals surface area contributed by atoms with Gasteiger partial charge in [-0.1, -0.05) is 30.3 Å². The number of ether oxygens (including phenoxy) is 1. The van der Waals surface area contributed by atoms with Crippen molar-refractivity contribution in [3.63, 3.8) is 0 Å². The van der Waals surface area contributed by atoms with Gasteiger partial charge in [-0.25, -0.2) is 4.98 Å². The van der Waals surface area contributed by atoms with Crippen molar-refractivity contribution in [2.75, 3.05) is 24.6 Å². The van der Waals surface area contributed by atoms with Gasteiger partial charge >= 0.3 is 0 Å². The minimum Gasteiger partial charge on any atom is -0.367 e. The van der Waals surface area contributed by atoms with Crippen LogP contribution in [0, 0.1) is 10.1 Å². The zero-order valence-electron chi connectivity index (χ0n) is 16.8. The molecule has 1 unspecified atom stereocenters. The molecule has 8 nitrogen and oxygen atoms in total. The molecule has 2 aromatic carbocycles. The Morgan fingerprint density at radius 2 is 2.00 bits per heavy atom. The molecular formula is C22H22N4O4. The van der Waals surface area contributed by atoms with E-state index in [1.54, 1.807) is 29.9 Å². The highest BCUT2D eigenvalue weighted by atomic mass is 16.6. The van der Waals surface area contributed by atoms with Gasteiger partial charge in [-0.15, -0.1) is 0 Å². The molecule has 8 heteroatoms. The fourth-order valence-electron chi connectivity index (χ4n) is 3.83. The van der Waals surface area contributed by atoms with E-state index in [2.05, 4.69) is 4.98 Å². The maximum atomic E-state index is 12.7. The lowest BCUT2D eigenvalue weighted by molar-refractivity contribution is -0.384. The largest absolute Gasteiger partial charge is 0.367 e. The zero-order valence-corrected chi connectivity index (χ0v) is 16.8. The fraction of sp³-hybridized carbons (Fsp3) is 0.273. The topological polar surface area (TPSA) is 90.5 Å². The van der Waals surface area contributed by atoms with Crippen LogP contribution in [0.15, 0.2) is 60.9 Å². The number of aryl methyl sites for hydroxylation is 1. The van der Waals surface area contributed by atoms with Crippen LogP contribution in [0.3, 0.4) is 0 Å². The molecule has 30 heavy (non-hydrogen) atoms. The van der Waals surface area contributed by atoms with E-state index >= 15 is 0 Å². The van der Waals surface area contributed by atoms with Gasteiger partial charge in [0, 0.05) is 37.6 Å². The zero-order chi connectivity index (χ0) is 21.3. The molecule has 4 rings (SSSR count). The summed E-state index contributed by atoms with van der Waals surface area (Å²) in [6.45, 7) is 3.41. The molecule has 0 spiro atoms. The quantitative estimate of drug-likeness (QED) is 0.367. The highest BCUT2D eigenvalue weighted by Gasteiger charge is 2.36. The highest BCUT2D eigenvalue weighted by Crippen LogP contribution is 2.36. The molecule has 1 saturated heterocycles. The molecule has 0 radical (unpaired) electrons. The lowest BCUT2D eigenvalue weighted by atomic mass is 9.93. The third-order valence-electron chi connectivity index (χ3n) is 5.46. The molecule has 1 fully saturated rings. The van der Waals surface area contributed by atoms with Gasteiger partial charge in [0.1, 0.15) is 11.3 Å². The molecule has 0 aliphatic carbocycles. The van der Waals surface area contributed by atoms with Crippen LogP contribution in [-0.2, 0) is 17.4 Å². The van der Waals surface area contributed by atoms with Gasteiger partial charge < -0.3 is 14.2 Å². The third kappa shape index (κ3) is 3.57. The Morgan fingerprint density at radius 1 is 1.23 bits per heavy atom. The van der Waals surface area contributed by atoms with Crippen molar-refractivity contribution in [2.45, 2.75) is 12.5 Å². The molecule has 154 valence electrons. The summed E-state index contributed by atoms with van der Waals surface area (Å²) in [6, 6.07) is 14.4. The third-order valence-corrected chi connectivity index (χ3v) is 5.46. The van der Waals surface area contributed by atoms with E-state index in [0.29, 0.717) is 25.4 Å². The fourth-order valence-corrected chi connectivity index (χ4v) is 3.83. The van der Waals surface area contributed by atoms with Crippen LogP contribution in [0.2, 0.25) is 0 Å². The van der Waals surface area contributed by atoms with Gasteiger partial charge in [0.15, 0.2) is 5.82 Å². The predicted octanol–water partition coefficient (Wildman–Crippen LogP) is 3.31. The molecule has 1 aliphatic heterocycles. The van der Waals surface area contributed by atoms with Gasteiger partial charge in [-0.3, -0.25) is 14.9 Å². The van der Waals surface area contributed by atoms with Crippen molar-refractivity contribution in [1.29, 1.82) is 0 Å². The Hall–Kier alpha value is -3.52. The van der Waals surface area contributed by atoms with Gasteiger partial charge in [0.05, 0.1) is 18.1 Å². The van der Waals surface area contributed by atoms with Crippen LogP contribution in [0.1, 0.15) is 28.7 Å². The number of aromatic nitrogens is 2. The molecule has 1 atom stereocenters. The summed E-state index contributed by atoms with van der Waals surface area (Å²) in [7, 11) is 1.71. The molecule has 1 aliphatic rings. The van der Waals surface area contributed by atoms with Gasteiger partial charge in [-0.05, 0) is 24.6 Å². The van der Waals surface area contributed by atoms with Crippen molar-refractivity contribution < 1.29 is 14.5 Å². The van der Waals surface area contributed by atoms with Gasteiger partial charge in [-0.2, -0.15) is 0 Å². The van der Waals surface area contributed by atoms with E-state index < -0.39 is 10.5 Å². The number of nitro groups is 1. The second-order valence-corrected chi connectivity index (χ2v) is 7.52. The Balaban J connectivity index is 1.68. The van der Waals surface area contributed by atoms with Crippen molar-refractivity contribution in [3.05, 3.63) is 88.0 Å². The smallest absolute Gasteiger partial charge is 0.293 e. The molecule has 1 aromatic heterocycles. The van der Waals surface area contributed by atoms with Crippen LogP contribution in [0.25, 0.3) is 0 Å². The molecule has 3 aromatic rings. The number of carbonyl (C=O) groups is 1. The van der Waals surface area contributed by atoms with Crippen molar-refractivity contribution in [3.8, 4) is 0 Å². The van der Waals surface area contributed by atoms with Gasteiger partial charge in [0.2, 0.25) is 5.78 Å². The number of nitro benzene ring substituents is 1. The first kappa shape index (κ1) is 19.8. The maximum Gasteiger partial charge on any atom is 0.293 e.